The average Bonchev–Trinajstić information content (AvgIpc) is 3.36. The maximum absolute atomic E-state index is 9.00. The fourth-order valence-electron chi connectivity index (χ4n) is 5.77. The van der Waals surface area contributed by atoms with Crippen LogP contribution in [-0.4, -0.2) is 42.1 Å². The number of ether oxygens (including phenoxy) is 2. The van der Waals surface area contributed by atoms with Gasteiger partial charge in [0.1, 0.15) is 11.5 Å². The standard InChI is InChI=1S/C23H18N2O.C23H16N2O.C10H2.2C2H4O2.2Pd/c2*1-17-13-19(23-10-3-5-12-25-23)16-21(14-17)26-20-8-6-7-18(15-20)22-9-2-4-11-24-22;1-3-5-7-9-10-8-6-4-2;2*1-2(3)4;;/h2-16H,1H3;2-14H,1H3;1-2H;2*1H3,(H,3,4);;/q;-2;;;;;+2. The number of carbonyl (C=O) groups is 2. The number of aromatic nitrogens is 4. The fourth-order valence-corrected chi connectivity index (χ4v) is 5.77. The predicted octanol–water partition coefficient (Wildman–Crippen LogP) is 11.9. The molecule has 0 saturated carbocycles. The van der Waals surface area contributed by atoms with Gasteiger partial charge in [0.2, 0.25) is 0 Å². The first kappa shape index (κ1) is 59.3. The van der Waals surface area contributed by atoms with Crippen molar-refractivity contribution in [1.82, 2.24) is 19.9 Å². The summed E-state index contributed by atoms with van der Waals surface area (Å²) in [4.78, 5) is 35.6. The molecule has 0 fully saturated rings. The summed E-state index contributed by atoms with van der Waals surface area (Å²) >= 11 is 0. The first-order valence-corrected chi connectivity index (χ1v) is 21.0. The van der Waals surface area contributed by atoms with Crippen LogP contribution >= 0.6 is 0 Å². The van der Waals surface area contributed by atoms with E-state index in [1.54, 1.807) is 24.8 Å². The molecule has 0 amide bonds. The molecule has 0 unspecified atom stereocenters. The monoisotopic (exact) mass is 1130 g/mol. The SMILES string of the molecule is C#CC#CC#CC#CC#C.CC(=O)O.CC(=O)O.Cc1cc(Oc2[c-]c(-c3ccccn3)ccc2)[c-]c(-c2ccccn2)c1.Cc1cc(Oc2cccc(-c3ccccn3)c2)cc(-c2ccccn2)c1.[Pd+2].[Pd]. The van der Waals surface area contributed by atoms with Gasteiger partial charge < -0.3 is 29.7 Å². The average molecular weight is 1130 g/mol. The molecule has 4 aromatic heterocycles. The third-order valence-corrected chi connectivity index (χ3v) is 8.36. The van der Waals surface area contributed by atoms with Crippen molar-refractivity contribution >= 4 is 11.9 Å². The minimum absolute atomic E-state index is 0. The summed E-state index contributed by atoms with van der Waals surface area (Å²) in [5.41, 5.74) is 9.67. The van der Waals surface area contributed by atoms with Gasteiger partial charge in [-0.15, -0.1) is 53.8 Å². The number of aliphatic carboxylic acids is 2. The van der Waals surface area contributed by atoms with Crippen molar-refractivity contribution in [3.05, 3.63) is 194 Å². The molecule has 4 aromatic carbocycles. The van der Waals surface area contributed by atoms with E-state index in [1.807, 2.05) is 146 Å². The molecule has 0 atom stereocenters. The number of hydrogen-bond donors (Lipinski definition) is 2. The van der Waals surface area contributed by atoms with Gasteiger partial charge in [-0.1, -0.05) is 73.7 Å². The molecule has 72 heavy (non-hydrogen) atoms. The Hall–Kier alpha value is -8.86. The van der Waals surface area contributed by atoms with Gasteiger partial charge in [0.05, 0.1) is 11.4 Å². The number of aryl methyl sites for hydroxylation is 2. The quantitative estimate of drug-likeness (QED) is 0.0857. The molecule has 0 aliphatic heterocycles. The van der Waals surface area contributed by atoms with Crippen LogP contribution < -0.4 is 9.47 Å². The van der Waals surface area contributed by atoms with Crippen LogP contribution in [0.25, 0.3) is 45.0 Å². The summed E-state index contributed by atoms with van der Waals surface area (Å²) in [5.74, 6) is 19.6. The van der Waals surface area contributed by atoms with Gasteiger partial charge in [0.15, 0.2) is 0 Å². The van der Waals surface area contributed by atoms with Crippen LogP contribution in [0.1, 0.15) is 25.0 Å². The first-order chi connectivity index (χ1) is 33.9. The second kappa shape index (κ2) is 33.6. The Kier molecular flexibility index (Phi) is 27.7. The normalized spacial score (nSPS) is 8.75. The summed E-state index contributed by atoms with van der Waals surface area (Å²) in [5, 5.41) is 14.8. The van der Waals surface area contributed by atoms with Crippen molar-refractivity contribution in [3.63, 3.8) is 0 Å². The van der Waals surface area contributed by atoms with Crippen molar-refractivity contribution < 1.29 is 70.1 Å². The van der Waals surface area contributed by atoms with Gasteiger partial charge >= 0.3 is 20.4 Å². The van der Waals surface area contributed by atoms with Crippen LogP contribution in [0.15, 0.2) is 170 Å². The number of carboxylic acid groups (broad SMARTS) is 2. The Labute approximate surface area is 448 Å². The molecule has 0 spiro atoms. The molecule has 8 rings (SSSR count). The topological polar surface area (TPSA) is 145 Å². The molecule has 10 nitrogen and oxygen atoms in total. The number of hydrogen-bond acceptors (Lipinski definition) is 8. The third kappa shape index (κ3) is 23.0. The Morgan fingerprint density at radius 1 is 0.472 bits per heavy atom. The van der Waals surface area contributed by atoms with Crippen LogP contribution in [0.3, 0.4) is 0 Å². The van der Waals surface area contributed by atoms with Crippen molar-refractivity contribution in [3.8, 4) is 128 Å². The number of rotatable bonds is 8. The maximum atomic E-state index is 9.00. The molecule has 2 N–H and O–H groups in total. The smallest absolute Gasteiger partial charge is 0.497 e. The number of nitrogens with zero attached hydrogens (tertiary/aromatic N) is 4. The molecule has 0 aliphatic rings. The van der Waals surface area contributed by atoms with Crippen LogP contribution in [0.4, 0.5) is 0 Å². The number of terminal acetylenes is 2. The summed E-state index contributed by atoms with van der Waals surface area (Å²) in [6.07, 6.45) is 16.8. The van der Waals surface area contributed by atoms with Gasteiger partial charge in [0.25, 0.3) is 11.9 Å². The predicted molar refractivity (Wildman–Crippen MR) is 274 cm³/mol. The first-order valence-electron chi connectivity index (χ1n) is 21.0. The van der Waals surface area contributed by atoms with Gasteiger partial charge in [-0.2, -0.15) is 0 Å². The fraction of sp³-hybridized carbons (Fsp3) is 0.0667. The summed E-state index contributed by atoms with van der Waals surface area (Å²) in [6.45, 7) is 6.25. The van der Waals surface area contributed by atoms with E-state index in [0.29, 0.717) is 11.5 Å². The number of benzene rings is 4. The minimum atomic E-state index is -0.833. The Morgan fingerprint density at radius 3 is 1.43 bits per heavy atom. The Morgan fingerprint density at radius 2 is 0.917 bits per heavy atom. The Balaban J connectivity index is 0.000000364. The van der Waals surface area contributed by atoms with E-state index in [1.165, 1.54) is 0 Å². The van der Waals surface area contributed by atoms with Gasteiger partial charge in [0, 0.05) is 81.7 Å². The number of carboxylic acids is 2. The zero-order valence-electron chi connectivity index (χ0n) is 39.3. The molecule has 0 radical (unpaired) electrons. The molecule has 4 heterocycles. The van der Waals surface area contributed by atoms with Gasteiger partial charge in [-0.3, -0.25) is 19.6 Å². The summed E-state index contributed by atoms with van der Waals surface area (Å²) in [7, 11) is 0. The minimum Gasteiger partial charge on any atom is -0.497 e. The summed E-state index contributed by atoms with van der Waals surface area (Å²) < 4.78 is 12.1. The second-order valence-electron chi connectivity index (χ2n) is 14.1. The van der Waals surface area contributed by atoms with Crippen LogP contribution in [0.2, 0.25) is 0 Å². The third-order valence-electron chi connectivity index (χ3n) is 8.36. The second-order valence-corrected chi connectivity index (χ2v) is 14.1. The van der Waals surface area contributed by atoms with Crippen LogP contribution in [0, 0.1) is 86.2 Å². The molecular weight excluding hydrogens is 1090 g/mol. The van der Waals surface area contributed by atoms with E-state index in [4.69, 9.17) is 42.1 Å². The summed E-state index contributed by atoms with van der Waals surface area (Å²) in [6, 6.07) is 53.9. The van der Waals surface area contributed by atoms with Crippen LogP contribution in [0.5, 0.6) is 23.0 Å². The largest absolute Gasteiger partial charge is 2.00 e. The molecule has 0 bridgehead atoms. The van der Waals surface area contributed by atoms with Gasteiger partial charge in [-0.05, 0) is 138 Å². The van der Waals surface area contributed by atoms with Crippen molar-refractivity contribution in [2.45, 2.75) is 27.7 Å². The molecule has 360 valence electrons. The molecule has 12 heteroatoms. The Bertz CT molecular complexity index is 3030. The van der Waals surface area contributed by atoms with E-state index in [9.17, 15) is 0 Å². The van der Waals surface area contributed by atoms with Crippen molar-refractivity contribution in [2.24, 2.45) is 0 Å². The molecule has 0 aliphatic carbocycles. The molecule has 0 saturated heterocycles. The van der Waals surface area contributed by atoms with Crippen molar-refractivity contribution in [2.75, 3.05) is 0 Å². The van der Waals surface area contributed by atoms with E-state index in [-0.39, 0.29) is 40.8 Å². The molecular formula is C60H44N4O6Pd2. The van der Waals surface area contributed by atoms with E-state index >= 15 is 0 Å². The van der Waals surface area contributed by atoms with E-state index in [0.717, 1.165) is 81.5 Å². The zero-order chi connectivity index (χ0) is 50.4. The molecule has 8 aromatic rings. The van der Waals surface area contributed by atoms with Crippen molar-refractivity contribution in [1.29, 1.82) is 0 Å². The maximum Gasteiger partial charge on any atom is 2.00 e. The van der Waals surface area contributed by atoms with E-state index in [2.05, 4.69) is 92.4 Å². The van der Waals surface area contributed by atoms with Gasteiger partial charge in [-0.25, -0.2) is 0 Å². The van der Waals surface area contributed by atoms with E-state index < -0.39 is 11.9 Å². The van der Waals surface area contributed by atoms with Crippen LogP contribution in [-0.2, 0) is 50.4 Å². The zero-order valence-corrected chi connectivity index (χ0v) is 42.4. The number of pyridine rings is 4.